The van der Waals surface area contributed by atoms with Crippen LogP contribution in [0.15, 0.2) is 468 Å². The van der Waals surface area contributed by atoms with Gasteiger partial charge in [0.25, 0.3) is 0 Å². The number of benzene rings is 18. The Morgan fingerprint density at radius 2 is 0.445 bits per heavy atom. The van der Waals surface area contributed by atoms with Gasteiger partial charge >= 0.3 is 0 Å². The zero-order chi connectivity index (χ0) is 84.4. The summed E-state index contributed by atoms with van der Waals surface area (Å²) in [6.45, 7) is 0. The van der Waals surface area contributed by atoms with E-state index in [-0.39, 0.29) is 0 Å². The number of nitrogens with zero attached hydrogens (tertiary/aromatic N) is 6. The van der Waals surface area contributed by atoms with Crippen LogP contribution in [0.2, 0.25) is 0 Å². The summed E-state index contributed by atoms with van der Waals surface area (Å²) < 4.78 is 0. The Morgan fingerprint density at radius 1 is 0.156 bits per heavy atom. The van der Waals surface area contributed by atoms with Crippen molar-refractivity contribution in [3.05, 3.63) is 493 Å². The molecule has 0 saturated heterocycles. The van der Waals surface area contributed by atoms with Gasteiger partial charge in [-0.15, -0.1) is 0 Å². The van der Waals surface area contributed by atoms with Crippen molar-refractivity contribution < 1.29 is 0 Å². The molecule has 2 spiro atoms. The Hall–Kier alpha value is -15.8. The second kappa shape index (κ2) is 30.5. The monoisotopic (exact) mass is 1660 g/mol. The lowest BCUT2D eigenvalue weighted by molar-refractivity contribution is 0.724. The van der Waals surface area contributed by atoms with Crippen LogP contribution in [0, 0.1) is 0 Å². The number of aromatic nitrogens is 6. The van der Waals surface area contributed by atoms with Crippen molar-refractivity contribution in [2.75, 3.05) is 0 Å². The maximum atomic E-state index is 5.49. The quantitative estimate of drug-likeness (QED) is 0.125. The normalized spacial score (nSPS) is 13.1. The summed E-state index contributed by atoms with van der Waals surface area (Å²) in [7, 11) is 0. The van der Waals surface area contributed by atoms with Crippen LogP contribution in [-0.4, -0.2) is 29.9 Å². The minimum atomic E-state index is -0.501. The maximum Gasteiger partial charge on any atom is 0.160 e. The Morgan fingerprint density at radius 3 is 0.875 bits per heavy atom. The van der Waals surface area contributed by atoms with Crippen LogP contribution in [0.4, 0.5) is 0 Å². The van der Waals surface area contributed by atoms with Crippen molar-refractivity contribution in [1.29, 1.82) is 0 Å². The first kappa shape index (κ1) is 74.8. The van der Waals surface area contributed by atoms with Crippen LogP contribution < -0.4 is 0 Å². The van der Waals surface area contributed by atoms with E-state index in [0.29, 0.717) is 11.6 Å². The molecule has 18 aromatic carbocycles. The van der Waals surface area contributed by atoms with Crippen LogP contribution in [0.1, 0.15) is 44.5 Å². The van der Waals surface area contributed by atoms with Gasteiger partial charge in [0.1, 0.15) is 0 Å². The van der Waals surface area contributed by atoms with Gasteiger partial charge in [-0.3, -0.25) is 0 Å². The molecule has 0 amide bonds. The van der Waals surface area contributed by atoms with Gasteiger partial charge in [0.2, 0.25) is 0 Å². The summed E-state index contributed by atoms with van der Waals surface area (Å²) in [4.78, 5) is 36.6. The fraction of sp³-hybridized carbons (Fsp3) is 0.0167. The number of fused-ring (bicyclic) bond motifs is 24. The fourth-order valence-corrected chi connectivity index (χ4v) is 22.9. The van der Waals surface area contributed by atoms with E-state index in [1.54, 1.807) is 0 Å². The molecule has 128 heavy (non-hydrogen) atoms. The van der Waals surface area contributed by atoms with Gasteiger partial charge in [0, 0.05) is 85.6 Å². The van der Waals surface area contributed by atoms with E-state index in [1.807, 2.05) is 66.0 Å². The van der Waals surface area contributed by atoms with Crippen LogP contribution in [0.3, 0.4) is 0 Å². The van der Waals surface area contributed by atoms with Crippen molar-refractivity contribution in [3.63, 3.8) is 0 Å². The lowest BCUT2D eigenvalue weighted by atomic mass is 9.67. The minimum absolute atomic E-state index is 0.476. The highest BCUT2D eigenvalue weighted by Gasteiger charge is 2.52. The molecule has 0 fully saturated rings. The Balaban J connectivity index is 0.000000139. The summed E-state index contributed by atoms with van der Waals surface area (Å²) in [5.41, 5.74) is 35.1. The van der Waals surface area contributed by atoms with Gasteiger partial charge in [0.05, 0.1) is 56.0 Å². The fourth-order valence-electron chi connectivity index (χ4n) is 20.5. The molecule has 0 bridgehead atoms. The SMILES string of the molecule is c1ccc(-c2cc(-c3ccc(-c4ccc5nc(-c6ccccc6)c6cc7c(cc6c5c4)C4(c5ccccc5S7)c5ccccc5-c5ccccc54)cc3)nc(-c3ccccc3)n2)cc1.c1ccc(-c2cccc(-c3cc(-c4ccc5nc(-c6ccccc6)c6cc7c(cc6c5c4)C4(c5ccccc5S7)c5ccccc5-c5ccccc54)nc(-c4ccccc4)n3)c2)cc1. The molecular formula is C120H74N6S2. The van der Waals surface area contributed by atoms with E-state index in [0.717, 1.165) is 128 Å². The van der Waals surface area contributed by atoms with Crippen molar-refractivity contribution in [2.45, 2.75) is 30.4 Å². The van der Waals surface area contributed by atoms with E-state index < -0.39 is 10.8 Å². The van der Waals surface area contributed by atoms with Crippen LogP contribution in [0.5, 0.6) is 0 Å². The summed E-state index contributed by atoms with van der Waals surface area (Å²) >= 11 is 3.75. The molecule has 596 valence electrons. The molecule has 8 heteroatoms. The second-order valence-electron chi connectivity index (χ2n) is 33.3. The molecule has 26 rings (SSSR count). The Bertz CT molecular complexity index is 8080. The van der Waals surface area contributed by atoms with Gasteiger partial charge < -0.3 is 0 Å². The minimum Gasteiger partial charge on any atom is -0.247 e. The largest absolute Gasteiger partial charge is 0.247 e. The maximum absolute atomic E-state index is 5.49. The van der Waals surface area contributed by atoms with Crippen molar-refractivity contribution in [2.24, 2.45) is 0 Å². The Labute approximate surface area is 749 Å². The molecule has 2 aliphatic heterocycles. The molecule has 4 aliphatic rings. The zero-order valence-electron chi connectivity index (χ0n) is 69.2. The molecular weight excluding hydrogens is 1590 g/mol. The highest BCUT2D eigenvalue weighted by Crippen LogP contribution is 2.65. The van der Waals surface area contributed by atoms with E-state index in [9.17, 15) is 0 Å². The van der Waals surface area contributed by atoms with Gasteiger partial charge in [-0.05, 0) is 179 Å². The van der Waals surface area contributed by atoms with Crippen LogP contribution in [0.25, 0.3) is 178 Å². The van der Waals surface area contributed by atoms with Crippen molar-refractivity contribution >= 4 is 66.9 Å². The molecule has 0 unspecified atom stereocenters. The van der Waals surface area contributed by atoms with Crippen molar-refractivity contribution in [1.82, 2.24) is 29.9 Å². The van der Waals surface area contributed by atoms with E-state index in [2.05, 4.69) is 406 Å². The van der Waals surface area contributed by atoms with Gasteiger partial charge in [0.15, 0.2) is 11.6 Å². The molecule has 0 atom stereocenters. The third kappa shape index (κ3) is 12.2. The highest BCUT2D eigenvalue weighted by atomic mass is 32.2. The third-order valence-corrected chi connectivity index (χ3v) is 28.5. The highest BCUT2D eigenvalue weighted by molar-refractivity contribution is 7.99. The average molecular weight is 1660 g/mol. The molecule has 2 aliphatic carbocycles. The number of pyridine rings is 2. The standard InChI is InChI=1S/2C60H37N3S/c1-4-17-38(18-5-1)41-23-16-24-42(33-41)54-37-55(63-59(62-54)40-21-8-3-9-22-40)43-31-32-53-47(34-43)46-35-52-57(36-48(46)58(61-53)39-19-6-2-7-20-39)64-56-30-15-14-29-51(56)60(52)49-27-12-10-25-44(49)45-26-11-13-28-50(45)60;1-4-16-39(17-5-1)54-37-55(63-59(62-54)42-20-8-3-9-21-42)40-30-28-38(29-31-40)43-32-33-53-47(34-43)46-35-52-57(36-48(46)58(61-53)41-18-6-2-7-19-41)64-56-27-15-14-26-51(56)60(52)49-24-12-10-22-44(49)45-23-11-13-25-50(45)60/h2*1-37H. The number of hydrogen-bond donors (Lipinski definition) is 0. The van der Waals surface area contributed by atoms with Gasteiger partial charge in [-0.25, -0.2) is 29.9 Å². The predicted molar refractivity (Wildman–Crippen MR) is 527 cm³/mol. The molecule has 6 nitrogen and oxygen atoms in total. The predicted octanol–water partition coefficient (Wildman–Crippen LogP) is 30.7. The molecule has 4 aromatic heterocycles. The van der Waals surface area contributed by atoms with E-state index in [4.69, 9.17) is 29.9 Å². The first-order chi connectivity index (χ1) is 63.4. The second-order valence-corrected chi connectivity index (χ2v) is 35.5. The van der Waals surface area contributed by atoms with E-state index in [1.165, 1.54) is 103 Å². The molecule has 0 saturated carbocycles. The van der Waals surface area contributed by atoms with Crippen molar-refractivity contribution in [3.8, 4) is 135 Å². The molecule has 6 heterocycles. The average Bonchev–Trinajstić information content (AvgIpc) is 1.49. The lowest BCUT2D eigenvalue weighted by Crippen LogP contribution is -2.32. The smallest absolute Gasteiger partial charge is 0.160 e. The number of rotatable bonds is 10. The van der Waals surface area contributed by atoms with Gasteiger partial charge in [-0.1, -0.05) is 394 Å². The topological polar surface area (TPSA) is 77.3 Å². The first-order valence-corrected chi connectivity index (χ1v) is 45.1. The molecule has 0 N–H and O–H groups in total. The van der Waals surface area contributed by atoms with E-state index >= 15 is 0 Å². The third-order valence-electron chi connectivity index (χ3n) is 26.3. The summed E-state index contributed by atoms with van der Waals surface area (Å²) in [5, 5.41) is 6.86. The van der Waals surface area contributed by atoms with Crippen LogP contribution >= 0.6 is 23.5 Å². The van der Waals surface area contributed by atoms with Crippen LogP contribution in [-0.2, 0) is 10.8 Å². The Kier molecular flexibility index (Phi) is 17.8. The number of hydrogen-bond acceptors (Lipinski definition) is 8. The van der Waals surface area contributed by atoms with Gasteiger partial charge in [-0.2, -0.15) is 0 Å². The summed E-state index contributed by atoms with van der Waals surface area (Å²) in [6, 6.07) is 162. The summed E-state index contributed by atoms with van der Waals surface area (Å²) in [5.74, 6) is 1.39. The summed E-state index contributed by atoms with van der Waals surface area (Å²) in [6.07, 6.45) is 0. The molecule has 22 aromatic rings. The molecule has 0 radical (unpaired) electrons. The zero-order valence-corrected chi connectivity index (χ0v) is 70.9. The first-order valence-electron chi connectivity index (χ1n) is 43.5. The lowest BCUT2D eigenvalue weighted by Gasteiger charge is -2.40.